The summed E-state index contributed by atoms with van der Waals surface area (Å²) in [4.78, 5) is 11.6. The van der Waals surface area contributed by atoms with Crippen LogP contribution in [0.15, 0.2) is 54.6 Å². The maximum atomic E-state index is 11.6. The molecule has 5 nitrogen and oxygen atoms in total. The van der Waals surface area contributed by atoms with E-state index in [2.05, 4.69) is 10.6 Å². The molecule has 0 saturated carbocycles. The van der Waals surface area contributed by atoms with E-state index >= 15 is 0 Å². The molecule has 1 atom stereocenters. The molecule has 6 heteroatoms. The van der Waals surface area contributed by atoms with Crippen molar-refractivity contribution in [2.45, 2.75) is 12.5 Å². The molecule has 0 bridgehead atoms. The zero-order valence-electron chi connectivity index (χ0n) is 13.2. The summed E-state index contributed by atoms with van der Waals surface area (Å²) in [7, 11) is 0. The molecular weight excluding hydrogens is 328 g/mol. The molecule has 128 valence electrons. The van der Waals surface area contributed by atoms with Crippen LogP contribution in [0.3, 0.4) is 0 Å². The summed E-state index contributed by atoms with van der Waals surface area (Å²) in [6.45, 7) is 1.15. The summed E-state index contributed by atoms with van der Waals surface area (Å²) in [5.74, 6) is 0.768. The Morgan fingerprint density at radius 3 is 2.58 bits per heavy atom. The number of urea groups is 1. The van der Waals surface area contributed by atoms with E-state index in [-0.39, 0.29) is 6.03 Å². The summed E-state index contributed by atoms with van der Waals surface area (Å²) >= 11 is 5.89. The van der Waals surface area contributed by atoms with Gasteiger partial charge in [0.15, 0.2) is 0 Å². The Balaban J connectivity index is 1.58. The number of halogens is 1. The van der Waals surface area contributed by atoms with Gasteiger partial charge in [0, 0.05) is 11.6 Å². The fourth-order valence-electron chi connectivity index (χ4n) is 2.12. The van der Waals surface area contributed by atoms with E-state index in [9.17, 15) is 9.90 Å². The van der Waals surface area contributed by atoms with Crippen molar-refractivity contribution in [3.63, 3.8) is 0 Å². The minimum absolute atomic E-state index is 0.287. The molecule has 0 fully saturated rings. The first kappa shape index (κ1) is 18.1. The topological polar surface area (TPSA) is 70.6 Å². The third-order valence-corrected chi connectivity index (χ3v) is 3.57. The van der Waals surface area contributed by atoms with Crippen LogP contribution in [-0.2, 0) is 0 Å². The van der Waals surface area contributed by atoms with Gasteiger partial charge in [-0.25, -0.2) is 4.79 Å². The Morgan fingerprint density at radius 2 is 1.83 bits per heavy atom. The third-order valence-electron chi connectivity index (χ3n) is 3.34. The van der Waals surface area contributed by atoms with Crippen molar-refractivity contribution in [1.29, 1.82) is 0 Å². The van der Waals surface area contributed by atoms with Crippen LogP contribution in [0.4, 0.5) is 4.79 Å². The number of carbonyl (C=O) groups excluding carboxylic acids is 1. The molecule has 0 spiro atoms. The highest BCUT2D eigenvalue weighted by atomic mass is 35.5. The first-order valence-corrected chi connectivity index (χ1v) is 8.16. The van der Waals surface area contributed by atoms with Crippen LogP contribution < -0.4 is 15.4 Å². The number of benzene rings is 2. The minimum Gasteiger partial charge on any atom is -0.492 e. The second-order valence-electron chi connectivity index (χ2n) is 5.20. The summed E-state index contributed by atoms with van der Waals surface area (Å²) < 4.78 is 5.47. The fraction of sp³-hybridized carbons (Fsp3) is 0.278. The van der Waals surface area contributed by atoms with Gasteiger partial charge >= 0.3 is 6.03 Å². The lowest BCUT2D eigenvalue weighted by Crippen LogP contribution is -2.38. The fourth-order valence-corrected chi connectivity index (χ4v) is 2.31. The average Bonchev–Trinajstić information content (AvgIpc) is 2.59. The van der Waals surface area contributed by atoms with Crippen molar-refractivity contribution >= 4 is 17.6 Å². The maximum Gasteiger partial charge on any atom is 0.314 e. The van der Waals surface area contributed by atoms with E-state index in [1.165, 1.54) is 0 Å². The largest absolute Gasteiger partial charge is 0.492 e. The molecule has 1 unspecified atom stereocenters. The quantitative estimate of drug-likeness (QED) is 0.642. The smallest absolute Gasteiger partial charge is 0.314 e. The number of hydrogen-bond acceptors (Lipinski definition) is 3. The molecule has 3 N–H and O–H groups in total. The van der Waals surface area contributed by atoms with E-state index < -0.39 is 6.10 Å². The van der Waals surface area contributed by atoms with E-state index in [0.29, 0.717) is 31.1 Å². The van der Waals surface area contributed by atoms with Crippen molar-refractivity contribution < 1.29 is 14.6 Å². The molecule has 0 saturated heterocycles. The van der Waals surface area contributed by atoms with E-state index in [1.54, 1.807) is 24.3 Å². The number of rotatable bonds is 8. The standard InChI is InChI=1S/C18H21ClN2O3/c19-15-6-4-5-14(13-15)17(22)9-10-20-18(23)21-11-12-24-16-7-2-1-3-8-16/h1-8,13,17,22H,9-12H2,(H2,20,21,23). The van der Waals surface area contributed by atoms with Crippen LogP contribution >= 0.6 is 11.6 Å². The highest BCUT2D eigenvalue weighted by Gasteiger charge is 2.08. The molecule has 2 aromatic rings. The molecule has 0 aromatic heterocycles. The van der Waals surface area contributed by atoms with Crippen molar-refractivity contribution in [3.05, 3.63) is 65.2 Å². The van der Waals surface area contributed by atoms with Crippen LogP contribution in [0.1, 0.15) is 18.1 Å². The third kappa shape index (κ3) is 6.48. The lowest BCUT2D eigenvalue weighted by atomic mass is 10.1. The highest BCUT2D eigenvalue weighted by molar-refractivity contribution is 6.30. The molecule has 0 heterocycles. The number of amides is 2. The number of nitrogens with one attached hydrogen (secondary N) is 2. The first-order valence-electron chi connectivity index (χ1n) is 7.78. The summed E-state index contributed by atoms with van der Waals surface area (Å²) in [5.41, 5.74) is 0.737. The first-order chi connectivity index (χ1) is 11.6. The van der Waals surface area contributed by atoms with Gasteiger partial charge < -0.3 is 20.5 Å². The lowest BCUT2D eigenvalue weighted by molar-refractivity contribution is 0.166. The van der Waals surface area contributed by atoms with Gasteiger partial charge in [0.2, 0.25) is 0 Å². The van der Waals surface area contributed by atoms with E-state index in [4.69, 9.17) is 16.3 Å². The lowest BCUT2D eigenvalue weighted by Gasteiger charge is -2.12. The van der Waals surface area contributed by atoms with Gasteiger partial charge in [0.05, 0.1) is 12.6 Å². The van der Waals surface area contributed by atoms with Gasteiger partial charge in [-0.1, -0.05) is 41.9 Å². The van der Waals surface area contributed by atoms with Gasteiger partial charge in [0.25, 0.3) is 0 Å². The predicted octanol–water partition coefficient (Wildman–Crippen LogP) is 3.14. The Labute approximate surface area is 146 Å². The van der Waals surface area contributed by atoms with Crippen molar-refractivity contribution in [3.8, 4) is 5.75 Å². The molecule has 2 amide bonds. The molecule has 0 radical (unpaired) electrons. The number of carbonyl (C=O) groups is 1. The molecule has 0 aliphatic heterocycles. The number of ether oxygens (including phenoxy) is 1. The summed E-state index contributed by atoms with van der Waals surface area (Å²) in [6.07, 6.45) is -0.251. The van der Waals surface area contributed by atoms with Crippen molar-refractivity contribution in [2.24, 2.45) is 0 Å². The molecule has 2 aromatic carbocycles. The van der Waals surface area contributed by atoms with Crippen LogP contribution in [0.2, 0.25) is 5.02 Å². The highest BCUT2D eigenvalue weighted by Crippen LogP contribution is 2.19. The Hall–Kier alpha value is -2.24. The zero-order chi connectivity index (χ0) is 17.2. The van der Waals surface area contributed by atoms with Crippen LogP contribution in [0.25, 0.3) is 0 Å². The second kappa shape index (κ2) is 9.80. The summed E-state index contributed by atoms with van der Waals surface area (Å²) in [6, 6.07) is 16.2. The number of hydrogen-bond donors (Lipinski definition) is 3. The molecular formula is C18H21ClN2O3. The SMILES string of the molecule is O=C(NCCOc1ccccc1)NCCC(O)c1cccc(Cl)c1. The normalized spacial score (nSPS) is 11.6. The average molecular weight is 349 g/mol. The van der Waals surface area contributed by atoms with Crippen molar-refractivity contribution in [1.82, 2.24) is 10.6 Å². The monoisotopic (exact) mass is 348 g/mol. The van der Waals surface area contributed by atoms with Crippen LogP contribution in [-0.4, -0.2) is 30.8 Å². The van der Waals surface area contributed by atoms with Crippen LogP contribution in [0, 0.1) is 0 Å². The van der Waals surface area contributed by atoms with E-state index in [0.717, 1.165) is 11.3 Å². The van der Waals surface area contributed by atoms with E-state index in [1.807, 2.05) is 30.3 Å². The number of aliphatic hydroxyl groups excluding tert-OH is 1. The molecule has 0 aliphatic rings. The second-order valence-corrected chi connectivity index (χ2v) is 5.64. The Morgan fingerprint density at radius 1 is 1.08 bits per heavy atom. The predicted molar refractivity (Wildman–Crippen MR) is 94.4 cm³/mol. The number of para-hydroxylation sites is 1. The summed E-state index contributed by atoms with van der Waals surface area (Å²) in [5, 5.41) is 16.0. The molecule has 2 rings (SSSR count). The van der Waals surface area contributed by atoms with Gasteiger partial charge in [-0.15, -0.1) is 0 Å². The van der Waals surface area contributed by atoms with Gasteiger partial charge in [-0.2, -0.15) is 0 Å². The van der Waals surface area contributed by atoms with Gasteiger partial charge in [-0.3, -0.25) is 0 Å². The van der Waals surface area contributed by atoms with Crippen LogP contribution in [0.5, 0.6) is 5.75 Å². The van der Waals surface area contributed by atoms with Gasteiger partial charge in [0.1, 0.15) is 12.4 Å². The Kier molecular flexibility index (Phi) is 7.39. The minimum atomic E-state index is -0.662. The van der Waals surface area contributed by atoms with Crippen molar-refractivity contribution in [2.75, 3.05) is 19.7 Å². The molecule has 0 aliphatic carbocycles. The maximum absolute atomic E-state index is 11.6. The number of aliphatic hydroxyl groups is 1. The molecule has 24 heavy (non-hydrogen) atoms. The van der Waals surface area contributed by atoms with Gasteiger partial charge in [-0.05, 0) is 36.2 Å². The zero-order valence-corrected chi connectivity index (χ0v) is 14.0. The Bertz CT molecular complexity index is 637.